The van der Waals surface area contributed by atoms with Crippen molar-refractivity contribution >= 4 is 39.2 Å². The normalized spacial score (nSPS) is 16.6. The molecule has 3 aliphatic carbocycles. The van der Waals surface area contributed by atoms with Crippen LogP contribution in [0.25, 0.3) is 21.9 Å². The highest BCUT2D eigenvalue weighted by Gasteiger charge is 2.37. The molecule has 6 aromatic rings. The lowest BCUT2D eigenvalue weighted by Gasteiger charge is -2.33. The molecule has 0 N–H and O–H groups in total. The van der Waals surface area contributed by atoms with Gasteiger partial charge in [-0.05, 0) is 114 Å². The van der Waals surface area contributed by atoms with Crippen molar-refractivity contribution in [3.63, 3.8) is 0 Å². The van der Waals surface area contributed by atoms with Crippen molar-refractivity contribution in [1.29, 1.82) is 0 Å². The highest BCUT2D eigenvalue weighted by molar-refractivity contribution is 5.99. The summed E-state index contributed by atoms with van der Waals surface area (Å²) in [6.45, 7) is 9.09. The van der Waals surface area contributed by atoms with E-state index in [4.69, 9.17) is 0 Å². The molecule has 0 saturated heterocycles. The van der Waals surface area contributed by atoms with Gasteiger partial charge in [-0.2, -0.15) is 0 Å². The van der Waals surface area contributed by atoms with Crippen LogP contribution in [0.2, 0.25) is 0 Å². The van der Waals surface area contributed by atoms with Gasteiger partial charge in [0.2, 0.25) is 0 Å². The minimum atomic E-state index is -0.205. The number of rotatable bonds is 6. The minimum Gasteiger partial charge on any atom is -0.310 e. The molecule has 2 heteroatoms. The van der Waals surface area contributed by atoms with Crippen molar-refractivity contribution in [2.75, 3.05) is 9.80 Å². The molecule has 2 nitrogen and oxygen atoms in total. The number of aryl methyl sites for hydroxylation is 2. The van der Waals surface area contributed by atoms with Crippen LogP contribution in [0.1, 0.15) is 42.5 Å². The van der Waals surface area contributed by atoms with E-state index in [2.05, 4.69) is 201 Å². The summed E-state index contributed by atoms with van der Waals surface area (Å²) in [5, 5.41) is 2.48. The number of benzene rings is 6. The SMILES string of the molecule is Cc1ccc(N(C2=C3C=CC=CC3CC=C2)c2ccc3c(c2)C(C)(C)c2cc(N(c4ccc(C)cc4)c4cccc5ccccc45)ccc2-3)cc1. The molecule has 6 aromatic carbocycles. The van der Waals surface area contributed by atoms with Gasteiger partial charge in [0.05, 0.1) is 5.69 Å². The second-order valence-corrected chi connectivity index (χ2v) is 14.8. The topological polar surface area (TPSA) is 6.48 Å². The Bertz CT molecular complexity index is 2430. The summed E-state index contributed by atoms with van der Waals surface area (Å²) in [5.74, 6) is 0.398. The summed E-state index contributed by atoms with van der Waals surface area (Å²) in [4.78, 5) is 4.89. The van der Waals surface area contributed by atoms with Gasteiger partial charge in [0.25, 0.3) is 0 Å². The third kappa shape index (κ3) is 5.25. The van der Waals surface area contributed by atoms with Crippen molar-refractivity contribution < 1.29 is 0 Å². The van der Waals surface area contributed by atoms with E-state index >= 15 is 0 Å². The first-order valence-corrected chi connectivity index (χ1v) is 18.1. The molecule has 0 saturated carbocycles. The van der Waals surface area contributed by atoms with Gasteiger partial charge in [-0.3, -0.25) is 0 Å². The zero-order valence-corrected chi connectivity index (χ0v) is 29.8. The predicted octanol–water partition coefficient (Wildman–Crippen LogP) is 13.3. The fourth-order valence-corrected chi connectivity index (χ4v) is 8.33. The Balaban J connectivity index is 1.18. The molecule has 0 amide bonds. The standard InChI is InChI=1S/C49H42N2/c1-33-19-23-37(24-20-33)50(47-17-9-13-35-11-5-7-15-41(35)47)39-27-29-43-44-30-28-40(32-46(44)49(3,4)45(43)31-39)51(38-25-21-34(2)22-26-38)48-18-10-14-36-12-6-8-16-42(36)48/h5-13,15-32,36H,14H2,1-4H3. The Morgan fingerprint density at radius 3 is 1.84 bits per heavy atom. The van der Waals surface area contributed by atoms with Crippen molar-refractivity contribution in [1.82, 2.24) is 0 Å². The monoisotopic (exact) mass is 658 g/mol. The predicted molar refractivity (Wildman–Crippen MR) is 217 cm³/mol. The quantitative estimate of drug-likeness (QED) is 0.176. The molecule has 0 aromatic heterocycles. The molecule has 0 radical (unpaired) electrons. The van der Waals surface area contributed by atoms with E-state index in [1.54, 1.807) is 0 Å². The molecule has 51 heavy (non-hydrogen) atoms. The van der Waals surface area contributed by atoms with Gasteiger partial charge in [-0.25, -0.2) is 0 Å². The molecule has 248 valence electrons. The highest BCUT2D eigenvalue weighted by atomic mass is 15.2. The number of nitrogens with zero attached hydrogens (tertiary/aromatic N) is 2. The summed E-state index contributed by atoms with van der Waals surface area (Å²) in [6, 6.07) is 47.4. The van der Waals surface area contributed by atoms with Crippen LogP contribution < -0.4 is 9.80 Å². The van der Waals surface area contributed by atoms with E-state index in [0.717, 1.165) is 12.1 Å². The zero-order valence-electron chi connectivity index (χ0n) is 29.8. The number of allylic oxidation sites excluding steroid dienone is 7. The third-order valence-electron chi connectivity index (χ3n) is 11.1. The molecule has 0 heterocycles. The van der Waals surface area contributed by atoms with E-state index in [1.165, 1.54) is 78.2 Å². The van der Waals surface area contributed by atoms with E-state index < -0.39 is 0 Å². The lowest BCUT2D eigenvalue weighted by atomic mass is 9.82. The molecular weight excluding hydrogens is 617 g/mol. The van der Waals surface area contributed by atoms with Crippen molar-refractivity contribution in [3.8, 4) is 11.1 Å². The maximum atomic E-state index is 2.46. The molecule has 0 fully saturated rings. The van der Waals surface area contributed by atoms with Gasteiger partial charge in [0.1, 0.15) is 0 Å². The fraction of sp³-hybridized carbons (Fsp3) is 0.143. The Morgan fingerprint density at radius 2 is 1.16 bits per heavy atom. The van der Waals surface area contributed by atoms with E-state index in [-0.39, 0.29) is 5.41 Å². The Kier molecular flexibility index (Phi) is 7.44. The lowest BCUT2D eigenvalue weighted by Crippen LogP contribution is -2.22. The van der Waals surface area contributed by atoms with Crippen LogP contribution in [0.15, 0.2) is 175 Å². The molecule has 1 unspecified atom stereocenters. The molecule has 0 aliphatic heterocycles. The molecule has 3 aliphatic rings. The molecule has 1 atom stereocenters. The summed E-state index contributed by atoms with van der Waals surface area (Å²) < 4.78 is 0. The fourth-order valence-electron chi connectivity index (χ4n) is 8.33. The van der Waals surface area contributed by atoms with Crippen LogP contribution in [-0.4, -0.2) is 0 Å². The van der Waals surface area contributed by atoms with Crippen molar-refractivity contribution in [2.24, 2.45) is 5.92 Å². The summed E-state index contributed by atoms with van der Waals surface area (Å²) >= 11 is 0. The number of hydrogen-bond acceptors (Lipinski definition) is 2. The molecule has 0 spiro atoms. The smallest absolute Gasteiger partial charge is 0.0540 e. The minimum absolute atomic E-state index is 0.205. The summed E-state index contributed by atoms with van der Waals surface area (Å²) in [6.07, 6.45) is 14.7. The summed E-state index contributed by atoms with van der Waals surface area (Å²) in [5.41, 5.74) is 16.1. The molecule has 9 rings (SSSR count). The second kappa shape index (κ2) is 12.2. The van der Waals surface area contributed by atoms with E-state index in [0.29, 0.717) is 5.92 Å². The Hall–Kier alpha value is -5.86. The average molecular weight is 659 g/mol. The average Bonchev–Trinajstić information content (AvgIpc) is 3.38. The zero-order chi connectivity index (χ0) is 34.7. The van der Waals surface area contributed by atoms with Crippen LogP contribution >= 0.6 is 0 Å². The van der Waals surface area contributed by atoms with Gasteiger partial charge in [0, 0.05) is 45.2 Å². The number of fused-ring (bicyclic) bond motifs is 5. The lowest BCUT2D eigenvalue weighted by molar-refractivity contribution is 0.660. The first kappa shape index (κ1) is 31.1. The molecular formula is C49H42N2. The first-order valence-electron chi connectivity index (χ1n) is 18.1. The van der Waals surface area contributed by atoms with Crippen molar-refractivity contribution in [2.45, 2.75) is 39.5 Å². The van der Waals surface area contributed by atoms with Gasteiger partial charge in [-0.15, -0.1) is 0 Å². The van der Waals surface area contributed by atoms with Crippen LogP contribution in [0.4, 0.5) is 28.4 Å². The number of anilines is 5. The van der Waals surface area contributed by atoms with Gasteiger partial charge in [-0.1, -0.05) is 128 Å². The van der Waals surface area contributed by atoms with E-state index in [1.807, 2.05) is 0 Å². The number of hydrogen-bond donors (Lipinski definition) is 0. The maximum Gasteiger partial charge on any atom is 0.0540 e. The largest absolute Gasteiger partial charge is 0.310 e. The van der Waals surface area contributed by atoms with E-state index in [9.17, 15) is 0 Å². The Labute approximate surface area is 302 Å². The first-order chi connectivity index (χ1) is 24.9. The van der Waals surface area contributed by atoms with Crippen LogP contribution in [0.5, 0.6) is 0 Å². The van der Waals surface area contributed by atoms with Gasteiger partial charge >= 0.3 is 0 Å². The molecule has 0 bridgehead atoms. The van der Waals surface area contributed by atoms with Crippen molar-refractivity contribution in [3.05, 3.63) is 197 Å². The van der Waals surface area contributed by atoms with Crippen LogP contribution in [0, 0.1) is 19.8 Å². The van der Waals surface area contributed by atoms with Gasteiger partial charge < -0.3 is 9.80 Å². The highest BCUT2D eigenvalue weighted by Crippen LogP contribution is 2.53. The maximum absolute atomic E-state index is 2.46. The Morgan fingerprint density at radius 1 is 0.569 bits per heavy atom. The second-order valence-electron chi connectivity index (χ2n) is 14.8. The third-order valence-corrected chi connectivity index (χ3v) is 11.1. The van der Waals surface area contributed by atoms with Gasteiger partial charge in [0.15, 0.2) is 0 Å². The van der Waals surface area contributed by atoms with Crippen LogP contribution in [-0.2, 0) is 5.41 Å². The summed E-state index contributed by atoms with van der Waals surface area (Å²) in [7, 11) is 0. The van der Waals surface area contributed by atoms with Crippen LogP contribution in [0.3, 0.4) is 0 Å².